The van der Waals surface area contributed by atoms with Gasteiger partial charge in [0.2, 0.25) is 15.9 Å². The van der Waals surface area contributed by atoms with Gasteiger partial charge in [0.05, 0.1) is 24.2 Å². The van der Waals surface area contributed by atoms with Gasteiger partial charge >= 0.3 is 0 Å². The Labute approximate surface area is 205 Å². The van der Waals surface area contributed by atoms with Gasteiger partial charge in [-0.25, -0.2) is 13.4 Å². The first-order chi connectivity index (χ1) is 16.6. The first-order valence-electron chi connectivity index (χ1n) is 11.7. The van der Waals surface area contributed by atoms with E-state index in [1.165, 1.54) is 21.3 Å². The minimum Gasteiger partial charge on any atom is -0.477 e. The Bertz CT molecular complexity index is 1190. The molecule has 0 unspecified atom stereocenters. The lowest BCUT2D eigenvalue weighted by Gasteiger charge is -2.33. The highest BCUT2D eigenvalue weighted by molar-refractivity contribution is 7.89. The molecular formula is C22H33N7O5S. The first-order valence-corrected chi connectivity index (χ1v) is 13.1. The van der Waals surface area contributed by atoms with Crippen molar-refractivity contribution >= 4 is 27.5 Å². The van der Waals surface area contributed by atoms with Crippen molar-refractivity contribution < 1.29 is 22.7 Å². The molecule has 3 heterocycles. The van der Waals surface area contributed by atoms with E-state index in [1.807, 2.05) is 13.8 Å². The normalized spacial score (nSPS) is 15.2. The van der Waals surface area contributed by atoms with Gasteiger partial charge in [0.1, 0.15) is 10.5 Å². The Morgan fingerprint density at radius 3 is 2.43 bits per heavy atom. The maximum Gasteiger partial charge on any atom is 0.271 e. The summed E-state index contributed by atoms with van der Waals surface area (Å²) in [6.45, 7) is 8.75. The molecule has 0 aliphatic carbocycles. The standard InChI is InChI=1S/C22H33N7O5S/c1-5-8-17-18(19(20(23)30)26-27(17)4)25-21(31)16-13-15(14-24-22(16)34-7-3)35(32,33)29-11-9-28(6-2)10-12-29/h13-14H,5-12H2,1-4H3,(H2,23,30)(H,25,31). The molecule has 3 N–H and O–H groups in total. The summed E-state index contributed by atoms with van der Waals surface area (Å²) < 4.78 is 35.0. The Balaban J connectivity index is 1.98. The summed E-state index contributed by atoms with van der Waals surface area (Å²) in [6.07, 6.45) is 2.48. The van der Waals surface area contributed by atoms with Crippen LogP contribution in [0.1, 0.15) is 53.7 Å². The Hall–Kier alpha value is -3.03. The third-order valence-electron chi connectivity index (χ3n) is 5.89. The van der Waals surface area contributed by atoms with Crippen molar-refractivity contribution in [1.82, 2.24) is 24.0 Å². The molecule has 1 aliphatic heterocycles. The van der Waals surface area contributed by atoms with Gasteiger partial charge in [-0.1, -0.05) is 20.3 Å². The predicted octanol–water partition coefficient (Wildman–Crippen LogP) is 0.844. The molecule has 1 fully saturated rings. The summed E-state index contributed by atoms with van der Waals surface area (Å²) in [5, 5.41) is 6.83. The zero-order valence-electron chi connectivity index (χ0n) is 20.6. The molecule has 2 amide bonds. The van der Waals surface area contributed by atoms with Gasteiger partial charge in [-0.3, -0.25) is 14.3 Å². The number of nitrogens with zero attached hydrogens (tertiary/aromatic N) is 5. The monoisotopic (exact) mass is 507 g/mol. The number of carbonyl (C=O) groups is 2. The molecule has 12 nitrogen and oxygen atoms in total. The number of likely N-dealkylation sites (N-methyl/N-ethyl adjacent to an activating group) is 1. The molecule has 0 aromatic carbocycles. The third-order valence-corrected chi connectivity index (χ3v) is 7.76. The number of carbonyl (C=O) groups excluding carboxylic acids is 2. The van der Waals surface area contributed by atoms with Crippen LogP contribution in [0.2, 0.25) is 0 Å². The highest BCUT2D eigenvalue weighted by atomic mass is 32.2. The number of hydrogen-bond donors (Lipinski definition) is 2. The highest BCUT2D eigenvalue weighted by Crippen LogP contribution is 2.27. The van der Waals surface area contributed by atoms with Gasteiger partial charge in [-0.15, -0.1) is 0 Å². The topological polar surface area (TPSA) is 153 Å². The molecule has 1 aliphatic rings. The number of aromatic nitrogens is 3. The summed E-state index contributed by atoms with van der Waals surface area (Å²) in [4.78, 5) is 31.5. The van der Waals surface area contributed by atoms with Gasteiger partial charge in [-0.05, 0) is 26.0 Å². The maximum absolute atomic E-state index is 13.4. The van der Waals surface area contributed by atoms with Crippen LogP contribution >= 0.6 is 0 Å². The molecule has 0 saturated carbocycles. The summed E-state index contributed by atoms with van der Waals surface area (Å²) in [6, 6.07) is 1.26. The van der Waals surface area contributed by atoms with Gasteiger partial charge in [-0.2, -0.15) is 9.40 Å². The van der Waals surface area contributed by atoms with Crippen LogP contribution in [0.4, 0.5) is 5.69 Å². The summed E-state index contributed by atoms with van der Waals surface area (Å²) in [7, 11) is -2.21. The molecule has 0 spiro atoms. The van der Waals surface area contributed by atoms with Gasteiger partial charge < -0.3 is 20.7 Å². The summed E-state index contributed by atoms with van der Waals surface area (Å²) >= 11 is 0. The van der Waals surface area contributed by atoms with Gasteiger partial charge in [0.25, 0.3) is 11.8 Å². The van der Waals surface area contributed by atoms with Crippen molar-refractivity contribution in [2.45, 2.75) is 38.5 Å². The number of piperazine rings is 1. The zero-order chi connectivity index (χ0) is 25.8. The number of rotatable bonds is 10. The van der Waals surface area contributed by atoms with Crippen LogP contribution in [0.25, 0.3) is 0 Å². The van der Waals surface area contributed by atoms with E-state index in [0.29, 0.717) is 38.3 Å². The number of hydrogen-bond acceptors (Lipinski definition) is 8. The Morgan fingerprint density at radius 1 is 1.17 bits per heavy atom. The molecule has 0 bridgehead atoms. The molecule has 1 saturated heterocycles. The number of sulfonamides is 1. The van der Waals surface area contributed by atoms with E-state index in [4.69, 9.17) is 10.5 Å². The minimum atomic E-state index is -3.87. The number of anilines is 1. The lowest BCUT2D eigenvalue weighted by Crippen LogP contribution is -2.48. The third kappa shape index (κ3) is 5.63. The van der Waals surface area contributed by atoms with Gasteiger partial charge in [0, 0.05) is 33.2 Å². The van der Waals surface area contributed by atoms with Crippen molar-refractivity contribution in [1.29, 1.82) is 0 Å². The number of nitrogens with one attached hydrogen (secondary N) is 1. The number of pyridine rings is 1. The molecule has 192 valence electrons. The second-order valence-electron chi connectivity index (χ2n) is 8.16. The van der Waals surface area contributed by atoms with Crippen molar-refractivity contribution in [3.05, 3.63) is 29.2 Å². The van der Waals surface area contributed by atoms with E-state index >= 15 is 0 Å². The predicted molar refractivity (Wildman–Crippen MR) is 130 cm³/mol. The molecule has 2 aromatic rings. The maximum atomic E-state index is 13.4. The molecule has 0 radical (unpaired) electrons. The average Bonchev–Trinajstić information content (AvgIpc) is 3.15. The minimum absolute atomic E-state index is 0.0127. The second kappa shape index (κ2) is 11.1. The van der Waals surface area contributed by atoms with Crippen LogP contribution in [-0.2, 0) is 23.5 Å². The second-order valence-corrected chi connectivity index (χ2v) is 10.1. The summed E-state index contributed by atoms with van der Waals surface area (Å²) in [5.74, 6) is -1.48. The number of primary amides is 1. The fraction of sp³-hybridized carbons (Fsp3) is 0.545. The number of amides is 2. The zero-order valence-corrected chi connectivity index (χ0v) is 21.4. The van der Waals surface area contributed by atoms with Crippen molar-refractivity contribution in [2.75, 3.05) is 44.6 Å². The first kappa shape index (κ1) is 26.6. The number of aryl methyl sites for hydroxylation is 1. The summed E-state index contributed by atoms with van der Waals surface area (Å²) in [5.41, 5.74) is 6.15. The fourth-order valence-corrected chi connectivity index (χ4v) is 5.39. The molecule has 3 rings (SSSR count). The SMILES string of the molecule is CCCc1c(NC(=O)c2cc(S(=O)(=O)N3CCN(CC)CC3)cnc2OCC)c(C(N)=O)nn1C. The Kier molecular flexibility index (Phi) is 8.46. The van der Waals surface area contributed by atoms with Crippen LogP contribution in [0.5, 0.6) is 5.88 Å². The fourth-order valence-electron chi connectivity index (χ4n) is 3.99. The van der Waals surface area contributed by atoms with E-state index in [1.54, 1.807) is 14.0 Å². The molecular weight excluding hydrogens is 474 g/mol. The van der Waals surface area contributed by atoms with Gasteiger partial charge in [0.15, 0.2) is 5.69 Å². The highest BCUT2D eigenvalue weighted by Gasteiger charge is 2.31. The van der Waals surface area contributed by atoms with E-state index in [2.05, 4.69) is 20.3 Å². The van der Waals surface area contributed by atoms with Crippen LogP contribution in [-0.4, -0.2) is 83.5 Å². The van der Waals surface area contributed by atoms with Crippen LogP contribution in [0, 0.1) is 0 Å². The smallest absolute Gasteiger partial charge is 0.271 e. The van der Waals surface area contributed by atoms with Crippen LogP contribution in [0.3, 0.4) is 0 Å². The average molecular weight is 508 g/mol. The largest absolute Gasteiger partial charge is 0.477 e. The molecule has 13 heteroatoms. The van der Waals surface area contributed by atoms with E-state index in [0.717, 1.165) is 13.0 Å². The van der Waals surface area contributed by atoms with E-state index in [9.17, 15) is 18.0 Å². The lowest BCUT2D eigenvalue weighted by molar-refractivity contribution is 0.0995. The lowest BCUT2D eigenvalue weighted by atomic mass is 10.1. The van der Waals surface area contributed by atoms with Crippen molar-refractivity contribution in [3.8, 4) is 5.88 Å². The van der Waals surface area contributed by atoms with Crippen molar-refractivity contribution in [3.63, 3.8) is 0 Å². The Morgan fingerprint density at radius 2 is 1.86 bits per heavy atom. The molecule has 35 heavy (non-hydrogen) atoms. The van der Waals surface area contributed by atoms with Crippen LogP contribution < -0.4 is 15.8 Å². The number of ether oxygens (including phenoxy) is 1. The quantitative estimate of drug-likeness (QED) is 0.480. The van der Waals surface area contributed by atoms with E-state index in [-0.39, 0.29) is 34.3 Å². The number of nitrogens with two attached hydrogens (primary N) is 1. The molecule has 0 atom stereocenters. The van der Waals surface area contributed by atoms with Crippen LogP contribution in [0.15, 0.2) is 17.2 Å². The molecule has 2 aromatic heterocycles. The van der Waals surface area contributed by atoms with E-state index < -0.39 is 21.8 Å². The van der Waals surface area contributed by atoms with Crippen molar-refractivity contribution in [2.24, 2.45) is 12.8 Å².